The number of carbonyl (C=O) groups is 2. The van der Waals surface area contributed by atoms with Crippen molar-refractivity contribution in [2.75, 3.05) is 6.54 Å². The van der Waals surface area contributed by atoms with Crippen LogP contribution in [-0.4, -0.2) is 29.7 Å². The molecule has 0 aliphatic heterocycles. The van der Waals surface area contributed by atoms with Gasteiger partial charge in [0.1, 0.15) is 6.04 Å². The maximum atomic E-state index is 11.3. The van der Waals surface area contributed by atoms with Crippen LogP contribution in [0.1, 0.15) is 40.0 Å². The Morgan fingerprint density at radius 1 is 1.25 bits per heavy atom. The normalized spacial score (nSPS) is 12.2. The largest absolute Gasteiger partial charge is 0.480 e. The SMILES string of the molecule is CCCCCNC(=O)NC(C(=O)O)C(C)C. The van der Waals surface area contributed by atoms with Gasteiger partial charge in [-0.2, -0.15) is 0 Å². The van der Waals surface area contributed by atoms with Crippen LogP contribution in [0.25, 0.3) is 0 Å². The molecule has 0 radical (unpaired) electrons. The van der Waals surface area contributed by atoms with Gasteiger partial charge in [-0.05, 0) is 12.3 Å². The predicted octanol–water partition coefficient (Wildman–Crippen LogP) is 1.58. The molecule has 5 heteroatoms. The smallest absolute Gasteiger partial charge is 0.326 e. The van der Waals surface area contributed by atoms with Crippen molar-refractivity contribution in [2.24, 2.45) is 5.92 Å². The van der Waals surface area contributed by atoms with Gasteiger partial charge in [0.05, 0.1) is 0 Å². The van der Waals surface area contributed by atoms with Crippen LogP contribution in [0.4, 0.5) is 4.79 Å². The number of urea groups is 1. The maximum absolute atomic E-state index is 11.3. The fourth-order valence-electron chi connectivity index (χ4n) is 1.28. The van der Waals surface area contributed by atoms with Crippen molar-refractivity contribution in [2.45, 2.75) is 46.1 Å². The molecule has 0 saturated heterocycles. The number of amides is 2. The lowest BCUT2D eigenvalue weighted by atomic mass is 10.1. The number of hydrogen-bond donors (Lipinski definition) is 3. The summed E-state index contributed by atoms with van der Waals surface area (Å²) in [6, 6.07) is -1.23. The lowest BCUT2D eigenvalue weighted by Crippen LogP contribution is -2.48. The lowest BCUT2D eigenvalue weighted by Gasteiger charge is -2.18. The average molecular weight is 230 g/mol. The molecule has 3 N–H and O–H groups in total. The molecule has 1 unspecified atom stereocenters. The number of carboxylic acid groups (broad SMARTS) is 1. The first-order chi connectivity index (χ1) is 7.49. The van der Waals surface area contributed by atoms with Crippen molar-refractivity contribution in [3.05, 3.63) is 0 Å². The van der Waals surface area contributed by atoms with Gasteiger partial charge < -0.3 is 15.7 Å². The molecular formula is C11H22N2O3. The van der Waals surface area contributed by atoms with E-state index < -0.39 is 18.0 Å². The Bertz CT molecular complexity index is 229. The van der Waals surface area contributed by atoms with E-state index in [4.69, 9.17) is 5.11 Å². The Morgan fingerprint density at radius 2 is 1.88 bits per heavy atom. The van der Waals surface area contributed by atoms with Crippen molar-refractivity contribution in [3.8, 4) is 0 Å². The minimum atomic E-state index is -1.00. The van der Waals surface area contributed by atoms with Gasteiger partial charge in [0, 0.05) is 6.54 Å². The van der Waals surface area contributed by atoms with Gasteiger partial charge in [0.2, 0.25) is 0 Å². The second kappa shape index (κ2) is 7.96. The molecule has 0 bridgehead atoms. The number of carbonyl (C=O) groups excluding carboxylic acids is 1. The highest BCUT2D eigenvalue weighted by Crippen LogP contribution is 2.01. The predicted molar refractivity (Wildman–Crippen MR) is 62.3 cm³/mol. The van der Waals surface area contributed by atoms with Gasteiger partial charge in [0.15, 0.2) is 0 Å². The van der Waals surface area contributed by atoms with Crippen LogP contribution in [0.3, 0.4) is 0 Å². The van der Waals surface area contributed by atoms with Crippen LogP contribution in [-0.2, 0) is 4.79 Å². The molecule has 0 saturated carbocycles. The number of aliphatic carboxylic acids is 1. The summed E-state index contributed by atoms with van der Waals surface area (Å²) in [5.74, 6) is -1.13. The molecule has 2 amide bonds. The van der Waals surface area contributed by atoms with Gasteiger partial charge in [-0.3, -0.25) is 0 Å². The topological polar surface area (TPSA) is 78.4 Å². The molecule has 0 aliphatic rings. The first kappa shape index (κ1) is 14.7. The van der Waals surface area contributed by atoms with Crippen molar-refractivity contribution in [1.29, 1.82) is 0 Å². The first-order valence-corrected chi connectivity index (χ1v) is 5.76. The molecule has 0 heterocycles. The highest BCUT2D eigenvalue weighted by molar-refractivity contribution is 5.82. The molecule has 0 aromatic heterocycles. The molecule has 0 rings (SSSR count). The third-order valence-corrected chi connectivity index (χ3v) is 2.29. The Morgan fingerprint density at radius 3 is 2.31 bits per heavy atom. The molecule has 5 nitrogen and oxygen atoms in total. The minimum absolute atomic E-state index is 0.126. The molecular weight excluding hydrogens is 208 g/mol. The molecule has 16 heavy (non-hydrogen) atoms. The van der Waals surface area contributed by atoms with Crippen molar-refractivity contribution >= 4 is 12.0 Å². The van der Waals surface area contributed by atoms with Crippen LogP contribution >= 0.6 is 0 Å². The zero-order chi connectivity index (χ0) is 12.6. The molecule has 0 aromatic carbocycles. The standard InChI is InChI=1S/C11H22N2O3/c1-4-5-6-7-12-11(16)13-9(8(2)3)10(14)15/h8-9H,4-7H2,1-3H3,(H,14,15)(H2,12,13,16). The van der Waals surface area contributed by atoms with Crippen LogP contribution in [0.5, 0.6) is 0 Å². The Hall–Kier alpha value is -1.26. The van der Waals surface area contributed by atoms with Crippen LogP contribution < -0.4 is 10.6 Å². The second-order valence-electron chi connectivity index (χ2n) is 4.17. The number of hydrogen-bond acceptors (Lipinski definition) is 2. The van der Waals surface area contributed by atoms with E-state index in [1.165, 1.54) is 0 Å². The summed E-state index contributed by atoms with van der Waals surface area (Å²) in [5, 5.41) is 13.9. The molecule has 0 fully saturated rings. The fourth-order valence-corrected chi connectivity index (χ4v) is 1.28. The summed E-state index contributed by atoms with van der Waals surface area (Å²) < 4.78 is 0. The Kier molecular flexibility index (Phi) is 7.33. The van der Waals surface area contributed by atoms with E-state index in [-0.39, 0.29) is 5.92 Å². The third kappa shape index (κ3) is 6.27. The average Bonchev–Trinajstić information content (AvgIpc) is 2.20. The highest BCUT2D eigenvalue weighted by Gasteiger charge is 2.22. The zero-order valence-corrected chi connectivity index (χ0v) is 10.2. The van der Waals surface area contributed by atoms with Crippen LogP contribution in [0.15, 0.2) is 0 Å². The number of unbranched alkanes of at least 4 members (excludes halogenated alkanes) is 2. The van der Waals surface area contributed by atoms with E-state index in [0.29, 0.717) is 6.54 Å². The summed E-state index contributed by atoms with van der Waals surface area (Å²) in [5.41, 5.74) is 0. The summed E-state index contributed by atoms with van der Waals surface area (Å²) >= 11 is 0. The van der Waals surface area contributed by atoms with Crippen LogP contribution in [0, 0.1) is 5.92 Å². The molecule has 0 aromatic rings. The van der Waals surface area contributed by atoms with Crippen molar-refractivity contribution < 1.29 is 14.7 Å². The van der Waals surface area contributed by atoms with E-state index in [0.717, 1.165) is 19.3 Å². The van der Waals surface area contributed by atoms with E-state index in [1.54, 1.807) is 13.8 Å². The van der Waals surface area contributed by atoms with Gasteiger partial charge in [-0.25, -0.2) is 9.59 Å². The van der Waals surface area contributed by atoms with Crippen molar-refractivity contribution in [1.82, 2.24) is 10.6 Å². The maximum Gasteiger partial charge on any atom is 0.326 e. The summed E-state index contributed by atoms with van der Waals surface area (Å²) in [6.07, 6.45) is 3.07. The Labute approximate surface area is 96.6 Å². The minimum Gasteiger partial charge on any atom is -0.480 e. The molecule has 0 spiro atoms. The summed E-state index contributed by atoms with van der Waals surface area (Å²) in [7, 11) is 0. The lowest BCUT2D eigenvalue weighted by molar-refractivity contribution is -0.140. The molecule has 94 valence electrons. The van der Waals surface area contributed by atoms with Crippen LogP contribution in [0.2, 0.25) is 0 Å². The molecule has 0 aliphatic carbocycles. The van der Waals surface area contributed by atoms with Gasteiger partial charge >= 0.3 is 12.0 Å². The van der Waals surface area contributed by atoms with Gasteiger partial charge in [-0.15, -0.1) is 0 Å². The van der Waals surface area contributed by atoms with E-state index in [2.05, 4.69) is 17.6 Å². The zero-order valence-electron chi connectivity index (χ0n) is 10.2. The van der Waals surface area contributed by atoms with E-state index in [1.807, 2.05) is 0 Å². The molecule has 1 atom stereocenters. The first-order valence-electron chi connectivity index (χ1n) is 5.76. The van der Waals surface area contributed by atoms with E-state index in [9.17, 15) is 9.59 Å². The Balaban J connectivity index is 3.87. The van der Waals surface area contributed by atoms with E-state index >= 15 is 0 Å². The number of carboxylic acids is 1. The number of nitrogens with one attached hydrogen (secondary N) is 2. The highest BCUT2D eigenvalue weighted by atomic mass is 16.4. The monoisotopic (exact) mass is 230 g/mol. The summed E-state index contributed by atoms with van der Waals surface area (Å²) in [6.45, 7) is 6.19. The third-order valence-electron chi connectivity index (χ3n) is 2.29. The summed E-state index contributed by atoms with van der Waals surface area (Å²) in [4.78, 5) is 22.2. The quantitative estimate of drug-likeness (QED) is 0.581. The van der Waals surface area contributed by atoms with Gasteiger partial charge in [0.25, 0.3) is 0 Å². The second-order valence-corrected chi connectivity index (χ2v) is 4.17. The van der Waals surface area contributed by atoms with Crippen molar-refractivity contribution in [3.63, 3.8) is 0 Å². The fraction of sp³-hybridized carbons (Fsp3) is 0.818. The van der Waals surface area contributed by atoms with Gasteiger partial charge in [-0.1, -0.05) is 33.6 Å². The number of rotatable bonds is 7.